The normalized spacial score (nSPS) is 9.30. The van der Waals surface area contributed by atoms with Gasteiger partial charge < -0.3 is 0 Å². The number of hydrogen-bond acceptors (Lipinski definition) is 2. The van der Waals surface area contributed by atoms with Crippen LogP contribution in [0.3, 0.4) is 0 Å². The second kappa shape index (κ2) is 3.46. The molecule has 0 aromatic carbocycles. The van der Waals surface area contributed by atoms with Crippen LogP contribution >= 0.6 is 15.9 Å². The van der Waals surface area contributed by atoms with Gasteiger partial charge in [0.2, 0.25) is 0 Å². The molecule has 52 valence electrons. The minimum atomic E-state index is 0.513. The zero-order valence-electron chi connectivity index (χ0n) is 5.25. The maximum atomic E-state index is 10.3. The number of hydrogen-bond donors (Lipinski definition) is 0. The minimum absolute atomic E-state index is 0.513. The van der Waals surface area contributed by atoms with E-state index in [1.54, 1.807) is 6.20 Å². The Balaban J connectivity index is 3.08. The molecule has 1 aromatic rings. The molecule has 0 saturated carbocycles. The molecule has 10 heavy (non-hydrogen) atoms. The number of halogens is 1. The molecule has 0 fully saturated rings. The Morgan fingerprint density at radius 1 is 1.70 bits per heavy atom. The molecule has 0 aliphatic rings. The number of nitrogens with zero attached hydrogens (tertiary/aromatic N) is 1. The summed E-state index contributed by atoms with van der Waals surface area (Å²) >= 11 is 3.25. The molecular formula is C7H6BrNO. The molecule has 1 aromatic heterocycles. The maximum Gasteiger partial charge on any atom is 0.168 e. The van der Waals surface area contributed by atoms with Crippen molar-refractivity contribution in [3.05, 3.63) is 29.6 Å². The van der Waals surface area contributed by atoms with E-state index >= 15 is 0 Å². The summed E-state index contributed by atoms with van der Waals surface area (Å²) < 4.78 is 0. The summed E-state index contributed by atoms with van der Waals surface area (Å²) in [5, 5.41) is 0.676. The highest BCUT2D eigenvalue weighted by Gasteiger charge is 1.97. The first kappa shape index (κ1) is 7.41. The first-order valence-corrected chi connectivity index (χ1v) is 3.95. The number of aldehydes is 1. The smallest absolute Gasteiger partial charge is 0.168 e. The molecule has 0 atom stereocenters. The second-order valence-electron chi connectivity index (χ2n) is 1.80. The Bertz CT molecular complexity index is 237. The van der Waals surface area contributed by atoms with Crippen molar-refractivity contribution in [2.75, 3.05) is 0 Å². The molecule has 1 rings (SSSR count). The van der Waals surface area contributed by atoms with Gasteiger partial charge in [0, 0.05) is 11.5 Å². The van der Waals surface area contributed by atoms with Crippen LogP contribution in [0.2, 0.25) is 0 Å². The van der Waals surface area contributed by atoms with Crippen LogP contribution in [0.5, 0.6) is 0 Å². The van der Waals surface area contributed by atoms with Crippen molar-refractivity contribution in [3.63, 3.8) is 0 Å². The van der Waals surface area contributed by atoms with Crippen LogP contribution in [0.4, 0.5) is 0 Å². The van der Waals surface area contributed by atoms with Crippen molar-refractivity contribution in [1.82, 2.24) is 4.98 Å². The lowest BCUT2D eigenvalue weighted by Gasteiger charge is -1.95. The lowest BCUT2D eigenvalue weighted by molar-refractivity contribution is 0.111. The van der Waals surface area contributed by atoms with Crippen LogP contribution in [0.15, 0.2) is 18.3 Å². The Morgan fingerprint density at radius 2 is 2.50 bits per heavy atom. The van der Waals surface area contributed by atoms with Gasteiger partial charge in [-0.3, -0.25) is 9.78 Å². The fraction of sp³-hybridized carbons (Fsp3) is 0.143. The largest absolute Gasteiger partial charge is 0.296 e. The van der Waals surface area contributed by atoms with Gasteiger partial charge >= 0.3 is 0 Å². The summed E-state index contributed by atoms with van der Waals surface area (Å²) in [6, 6.07) is 3.68. The number of alkyl halides is 1. The van der Waals surface area contributed by atoms with Crippen molar-refractivity contribution < 1.29 is 4.79 Å². The van der Waals surface area contributed by atoms with E-state index in [9.17, 15) is 4.79 Å². The second-order valence-corrected chi connectivity index (χ2v) is 2.36. The molecule has 0 radical (unpaired) electrons. The summed E-state index contributed by atoms with van der Waals surface area (Å²) in [5.74, 6) is 0. The fourth-order valence-electron chi connectivity index (χ4n) is 0.670. The molecule has 0 aliphatic carbocycles. The van der Waals surface area contributed by atoms with Gasteiger partial charge in [0.25, 0.3) is 0 Å². The van der Waals surface area contributed by atoms with Gasteiger partial charge in [-0.05, 0) is 11.6 Å². The highest BCUT2D eigenvalue weighted by molar-refractivity contribution is 9.08. The van der Waals surface area contributed by atoms with Gasteiger partial charge in [0.15, 0.2) is 6.29 Å². The van der Waals surface area contributed by atoms with E-state index in [1.807, 2.05) is 12.1 Å². The molecule has 3 heteroatoms. The molecule has 2 nitrogen and oxygen atoms in total. The average molecular weight is 200 g/mol. The summed E-state index contributed by atoms with van der Waals surface area (Å²) in [4.78, 5) is 14.2. The van der Waals surface area contributed by atoms with Crippen molar-refractivity contribution in [1.29, 1.82) is 0 Å². The van der Waals surface area contributed by atoms with Crippen LogP contribution < -0.4 is 0 Å². The third-order valence-corrected chi connectivity index (χ3v) is 1.79. The number of carbonyl (C=O) groups is 1. The van der Waals surface area contributed by atoms with E-state index < -0.39 is 0 Å². The summed E-state index contributed by atoms with van der Waals surface area (Å²) in [5.41, 5.74) is 1.44. The SMILES string of the molecule is O=Cc1ncccc1CBr. The molecule has 1 heterocycles. The zero-order chi connectivity index (χ0) is 7.40. The molecule has 0 saturated heterocycles. The van der Waals surface area contributed by atoms with E-state index in [-0.39, 0.29) is 0 Å². The zero-order valence-corrected chi connectivity index (χ0v) is 6.84. The van der Waals surface area contributed by atoms with Crippen molar-refractivity contribution in [2.45, 2.75) is 5.33 Å². The molecule has 0 amide bonds. The molecule has 0 spiro atoms. The van der Waals surface area contributed by atoms with Crippen LogP contribution in [-0.4, -0.2) is 11.3 Å². The van der Waals surface area contributed by atoms with Gasteiger partial charge in [-0.15, -0.1) is 0 Å². The van der Waals surface area contributed by atoms with Gasteiger partial charge in [-0.25, -0.2) is 0 Å². The molecule has 0 N–H and O–H groups in total. The third kappa shape index (κ3) is 1.42. The van der Waals surface area contributed by atoms with Crippen LogP contribution in [0.25, 0.3) is 0 Å². The Kier molecular flexibility index (Phi) is 2.57. The topological polar surface area (TPSA) is 30.0 Å². The van der Waals surface area contributed by atoms with Gasteiger partial charge in [0.1, 0.15) is 5.69 Å². The van der Waals surface area contributed by atoms with E-state index in [0.717, 1.165) is 11.8 Å². The van der Waals surface area contributed by atoms with Crippen LogP contribution in [-0.2, 0) is 5.33 Å². The number of rotatable bonds is 2. The Labute approximate surface area is 67.4 Å². The third-order valence-electron chi connectivity index (χ3n) is 1.18. The predicted octanol–water partition coefficient (Wildman–Crippen LogP) is 1.79. The lowest BCUT2D eigenvalue weighted by Crippen LogP contribution is -1.91. The predicted molar refractivity (Wildman–Crippen MR) is 42.3 cm³/mol. The Morgan fingerprint density at radius 3 is 3.00 bits per heavy atom. The molecule has 0 bridgehead atoms. The highest BCUT2D eigenvalue weighted by Crippen LogP contribution is 2.06. The highest BCUT2D eigenvalue weighted by atomic mass is 79.9. The molecule has 0 aliphatic heterocycles. The lowest BCUT2D eigenvalue weighted by atomic mass is 10.2. The van der Waals surface area contributed by atoms with Gasteiger partial charge in [0.05, 0.1) is 0 Å². The van der Waals surface area contributed by atoms with Gasteiger partial charge in [-0.1, -0.05) is 22.0 Å². The van der Waals surface area contributed by atoms with Crippen molar-refractivity contribution in [2.24, 2.45) is 0 Å². The summed E-state index contributed by atoms with van der Waals surface area (Å²) in [7, 11) is 0. The first-order valence-electron chi connectivity index (χ1n) is 2.83. The summed E-state index contributed by atoms with van der Waals surface area (Å²) in [6.45, 7) is 0. The van der Waals surface area contributed by atoms with Crippen LogP contribution in [0, 0.1) is 0 Å². The van der Waals surface area contributed by atoms with Crippen molar-refractivity contribution in [3.8, 4) is 0 Å². The average Bonchev–Trinajstić information content (AvgIpc) is 2.04. The van der Waals surface area contributed by atoms with E-state index in [1.165, 1.54) is 0 Å². The van der Waals surface area contributed by atoms with E-state index in [4.69, 9.17) is 0 Å². The quantitative estimate of drug-likeness (QED) is 0.538. The van der Waals surface area contributed by atoms with Crippen molar-refractivity contribution >= 4 is 22.2 Å². The monoisotopic (exact) mass is 199 g/mol. The standard InChI is InChI=1S/C7H6BrNO/c8-4-6-2-1-3-9-7(6)5-10/h1-3,5H,4H2. The molecule has 0 unspecified atom stereocenters. The number of carbonyl (C=O) groups excluding carboxylic acids is 1. The van der Waals surface area contributed by atoms with E-state index in [2.05, 4.69) is 20.9 Å². The van der Waals surface area contributed by atoms with E-state index in [0.29, 0.717) is 11.0 Å². The number of aromatic nitrogens is 1. The fourth-order valence-corrected chi connectivity index (χ4v) is 1.14. The first-order chi connectivity index (χ1) is 4.88. The maximum absolute atomic E-state index is 10.3. The van der Waals surface area contributed by atoms with Gasteiger partial charge in [-0.2, -0.15) is 0 Å². The number of pyridine rings is 1. The summed E-state index contributed by atoms with van der Waals surface area (Å²) in [6.07, 6.45) is 2.37. The minimum Gasteiger partial charge on any atom is -0.296 e. The Hall–Kier alpha value is -0.700. The van der Waals surface area contributed by atoms with Crippen LogP contribution in [0.1, 0.15) is 16.1 Å². The molecular weight excluding hydrogens is 194 g/mol.